The lowest BCUT2D eigenvalue weighted by atomic mass is 10.1. The van der Waals surface area contributed by atoms with Crippen LogP contribution in [0.25, 0.3) is 0 Å². The number of halogens is 2. The molecular weight excluding hydrogens is 502 g/mol. The minimum absolute atomic E-state index is 0.0530. The second kappa shape index (κ2) is 10.1. The lowest BCUT2D eigenvalue weighted by Gasteiger charge is -2.24. The van der Waals surface area contributed by atoms with Gasteiger partial charge in [0.25, 0.3) is 15.9 Å². The minimum atomic E-state index is -4.03. The molecule has 160 valence electrons. The molecule has 0 radical (unpaired) electrons. The molecule has 3 aromatic rings. The van der Waals surface area contributed by atoms with Crippen molar-refractivity contribution in [2.24, 2.45) is 5.10 Å². The fraction of sp³-hybridized carbons (Fsp3) is 0.0909. The van der Waals surface area contributed by atoms with Crippen LogP contribution in [0.3, 0.4) is 0 Å². The molecule has 9 heteroatoms. The normalized spacial score (nSPS) is 11.8. The number of hydrogen-bond acceptors (Lipinski definition) is 4. The van der Waals surface area contributed by atoms with Crippen LogP contribution in [0.4, 0.5) is 5.69 Å². The van der Waals surface area contributed by atoms with Gasteiger partial charge in [-0.2, -0.15) is 5.10 Å². The number of para-hydroxylation sites is 1. The lowest BCUT2D eigenvalue weighted by molar-refractivity contribution is -0.119. The molecule has 3 rings (SSSR count). The second-order valence-electron chi connectivity index (χ2n) is 6.52. The number of hydrogen-bond donors (Lipinski definition) is 1. The smallest absolute Gasteiger partial charge is 0.264 e. The Kier molecular flexibility index (Phi) is 7.48. The fourth-order valence-corrected chi connectivity index (χ4v) is 4.75. The SMILES string of the molecule is C/C(=N/NC(=O)CN(c1ccccc1Cl)S(=O)(=O)c1ccccc1)c1ccc(Br)cc1. The van der Waals surface area contributed by atoms with Crippen LogP contribution in [0.2, 0.25) is 5.02 Å². The van der Waals surface area contributed by atoms with Gasteiger partial charge in [0.2, 0.25) is 0 Å². The molecule has 0 atom stereocenters. The van der Waals surface area contributed by atoms with Crippen molar-refractivity contribution in [2.75, 3.05) is 10.8 Å². The van der Waals surface area contributed by atoms with Gasteiger partial charge in [0.15, 0.2) is 0 Å². The largest absolute Gasteiger partial charge is 0.271 e. The average Bonchev–Trinajstić information content (AvgIpc) is 2.77. The number of benzene rings is 3. The predicted molar refractivity (Wildman–Crippen MR) is 127 cm³/mol. The van der Waals surface area contributed by atoms with E-state index in [1.165, 1.54) is 12.1 Å². The summed E-state index contributed by atoms with van der Waals surface area (Å²) in [6.45, 7) is 1.26. The Labute approximate surface area is 194 Å². The Bertz CT molecular complexity index is 1200. The molecule has 0 aromatic heterocycles. The first-order valence-corrected chi connectivity index (χ1v) is 11.8. The van der Waals surface area contributed by atoms with Gasteiger partial charge in [0.05, 0.1) is 21.3 Å². The summed E-state index contributed by atoms with van der Waals surface area (Å²) in [5.41, 5.74) is 4.03. The third-order valence-corrected chi connectivity index (χ3v) is 6.97. The van der Waals surface area contributed by atoms with Crippen molar-refractivity contribution in [3.8, 4) is 0 Å². The molecule has 1 amide bonds. The van der Waals surface area contributed by atoms with E-state index in [4.69, 9.17) is 11.6 Å². The van der Waals surface area contributed by atoms with Crippen LogP contribution in [0.15, 0.2) is 93.3 Å². The first-order chi connectivity index (χ1) is 14.8. The zero-order valence-corrected chi connectivity index (χ0v) is 19.7. The summed E-state index contributed by atoms with van der Waals surface area (Å²) >= 11 is 9.61. The van der Waals surface area contributed by atoms with Crippen molar-refractivity contribution in [2.45, 2.75) is 11.8 Å². The summed E-state index contributed by atoms with van der Waals surface area (Å²) in [5, 5.41) is 4.31. The van der Waals surface area contributed by atoms with E-state index >= 15 is 0 Å². The summed E-state index contributed by atoms with van der Waals surface area (Å²) in [6.07, 6.45) is 0. The molecular formula is C22H19BrClN3O3S. The van der Waals surface area contributed by atoms with Crippen molar-refractivity contribution in [3.05, 3.63) is 93.9 Å². The van der Waals surface area contributed by atoms with Gasteiger partial charge in [-0.3, -0.25) is 9.10 Å². The zero-order valence-electron chi connectivity index (χ0n) is 16.5. The van der Waals surface area contributed by atoms with Crippen molar-refractivity contribution in [3.63, 3.8) is 0 Å². The van der Waals surface area contributed by atoms with E-state index in [-0.39, 0.29) is 15.6 Å². The van der Waals surface area contributed by atoms with E-state index < -0.39 is 22.5 Å². The van der Waals surface area contributed by atoms with Crippen LogP contribution >= 0.6 is 27.5 Å². The number of amides is 1. The van der Waals surface area contributed by atoms with E-state index in [2.05, 4.69) is 26.5 Å². The Morgan fingerprint density at radius 3 is 2.26 bits per heavy atom. The molecule has 0 aliphatic rings. The first-order valence-electron chi connectivity index (χ1n) is 9.20. The minimum Gasteiger partial charge on any atom is -0.271 e. The molecule has 31 heavy (non-hydrogen) atoms. The number of nitrogens with one attached hydrogen (secondary N) is 1. The second-order valence-corrected chi connectivity index (χ2v) is 9.70. The van der Waals surface area contributed by atoms with Gasteiger partial charge in [0.1, 0.15) is 6.54 Å². The molecule has 0 saturated carbocycles. The summed E-state index contributed by atoms with van der Waals surface area (Å²) in [7, 11) is -4.03. The Morgan fingerprint density at radius 1 is 1.00 bits per heavy atom. The van der Waals surface area contributed by atoms with Crippen LogP contribution in [0.1, 0.15) is 12.5 Å². The maximum absolute atomic E-state index is 13.3. The quantitative estimate of drug-likeness (QED) is 0.358. The highest BCUT2D eigenvalue weighted by molar-refractivity contribution is 9.10. The van der Waals surface area contributed by atoms with Crippen molar-refractivity contribution >= 4 is 54.9 Å². The fourth-order valence-electron chi connectivity index (χ4n) is 2.74. The third kappa shape index (κ3) is 5.72. The molecule has 1 N–H and O–H groups in total. The van der Waals surface area contributed by atoms with Gasteiger partial charge >= 0.3 is 0 Å². The van der Waals surface area contributed by atoms with Gasteiger partial charge in [0, 0.05) is 4.47 Å². The molecule has 0 unspecified atom stereocenters. The highest BCUT2D eigenvalue weighted by Crippen LogP contribution is 2.30. The molecule has 0 saturated heterocycles. The van der Waals surface area contributed by atoms with Gasteiger partial charge in [-0.15, -0.1) is 0 Å². The summed E-state index contributed by atoms with van der Waals surface area (Å²) < 4.78 is 28.4. The van der Waals surface area contributed by atoms with Crippen molar-refractivity contribution in [1.82, 2.24) is 5.43 Å². The molecule has 3 aromatic carbocycles. The van der Waals surface area contributed by atoms with Gasteiger partial charge in [-0.05, 0) is 48.9 Å². The van der Waals surface area contributed by atoms with Gasteiger partial charge in [-0.1, -0.05) is 70.0 Å². The van der Waals surface area contributed by atoms with E-state index in [1.807, 2.05) is 24.3 Å². The van der Waals surface area contributed by atoms with E-state index in [0.29, 0.717) is 5.71 Å². The number of sulfonamides is 1. The summed E-state index contributed by atoms with van der Waals surface area (Å²) in [6, 6.07) is 21.8. The topological polar surface area (TPSA) is 78.8 Å². The van der Waals surface area contributed by atoms with Crippen LogP contribution in [0.5, 0.6) is 0 Å². The Morgan fingerprint density at radius 2 is 1.61 bits per heavy atom. The molecule has 0 heterocycles. The Hall–Kier alpha value is -2.68. The monoisotopic (exact) mass is 519 g/mol. The predicted octanol–water partition coefficient (Wildman–Crippen LogP) is 4.84. The molecule has 0 bridgehead atoms. The van der Waals surface area contributed by atoms with Crippen LogP contribution in [-0.4, -0.2) is 26.6 Å². The summed E-state index contributed by atoms with van der Waals surface area (Å²) in [4.78, 5) is 12.7. The molecule has 0 fully saturated rings. The molecule has 0 aliphatic heterocycles. The Balaban J connectivity index is 1.87. The highest BCUT2D eigenvalue weighted by atomic mass is 79.9. The van der Waals surface area contributed by atoms with E-state index in [0.717, 1.165) is 14.3 Å². The highest BCUT2D eigenvalue weighted by Gasteiger charge is 2.28. The number of anilines is 1. The number of nitrogens with zero attached hydrogens (tertiary/aromatic N) is 2. The number of carbonyl (C=O) groups excluding carboxylic acids is 1. The van der Waals surface area contributed by atoms with Crippen molar-refractivity contribution < 1.29 is 13.2 Å². The van der Waals surface area contributed by atoms with Crippen molar-refractivity contribution in [1.29, 1.82) is 0 Å². The van der Waals surface area contributed by atoms with E-state index in [1.54, 1.807) is 49.4 Å². The average molecular weight is 521 g/mol. The maximum atomic E-state index is 13.3. The first kappa shape index (κ1) is 23.0. The zero-order chi connectivity index (χ0) is 22.4. The maximum Gasteiger partial charge on any atom is 0.264 e. The van der Waals surface area contributed by atoms with Crippen LogP contribution in [-0.2, 0) is 14.8 Å². The molecule has 6 nitrogen and oxygen atoms in total. The molecule has 0 spiro atoms. The summed E-state index contributed by atoms with van der Waals surface area (Å²) in [5.74, 6) is -0.601. The van der Waals surface area contributed by atoms with Crippen LogP contribution < -0.4 is 9.73 Å². The lowest BCUT2D eigenvalue weighted by Crippen LogP contribution is -2.40. The van der Waals surface area contributed by atoms with Gasteiger partial charge < -0.3 is 0 Å². The number of rotatable bonds is 7. The third-order valence-electron chi connectivity index (χ3n) is 4.35. The van der Waals surface area contributed by atoms with Gasteiger partial charge in [-0.25, -0.2) is 13.8 Å². The molecule has 0 aliphatic carbocycles. The van der Waals surface area contributed by atoms with Crippen LogP contribution in [0, 0.1) is 0 Å². The standard InChI is InChI=1S/C22H19BrClN3O3S/c1-16(17-11-13-18(23)14-12-17)25-26-22(28)15-27(21-10-6-5-9-20(21)24)31(29,30)19-7-3-2-4-8-19/h2-14H,15H2,1H3,(H,26,28)/b25-16-. The van der Waals surface area contributed by atoms with E-state index in [9.17, 15) is 13.2 Å². The number of hydrazone groups is 1. The number of carbonyl (C=O) groups is 1.